The molecule has 21 heavy (non-hydrogen) atoms. The summed E-state index contributed by atoms with van der Waals surface area (Å²) in [6.07, 6.45) is 0.0751. The maximum Gasteiger partial charge on any atom is 0.253 e. The van der Waals surface area contributed by atoms with Crippen molar-refractivity contribution in [1.29, 1.82) is 0 Å². The molecule has 2 N–H and O–H groups in total. The molecule has 0 bridgehead atoms. The van der Waals surface area contributed by atoms with Crippen LogP contribution in [0.5, 0.6) is 0 Å². The number of morpholine rings is 1. The lowest BCUT2D eigenvalue weighted by Gasteiger charge is -2.32. The molecule has 0 radical (unpaired) electrons. The van der Waals surface area contributed by atoms with Crippen molar-refractivity contribution in [3.63, 3.8) is 0 Å². The standard InChI is InChI=1S/C16H25N3O2/c1-4-19-7-8-21-13(11-19)10-18-16(20)14-6-5-12(2)9-15(14)17-3/h5-6,9,13,17H,4,7-8,10-11H2,1-3H3,(H,18,20). The van der Waals surface area contributed by atoms with Gasteiger partial charge in [-0.2, -0.15) is 0 Å². The summed E-state index contributed by atoms with van der Waals surface area (Å²) in [5, 5.41) is 6.05. The average Bonchev–Trinajstić information content (AvgIpc) is 2.52. The van der Waals surface area contributed by atoms with E-state index in [1.54, 1.807) is 0 Å². The first-order chi connectivity index (χ1) is 10.1. The van der Waals surface area contributed by atoms with Crippen LogP contribution in [0.15, 0.2) is 18.2 Å². The summed E-state index contributed by atoms with van der Waals surface area (Å²) in [6, 6.07) is 5.78. The fourth-order valence-electron chi connectivity index (χ4n) is 2.56. The Morgan fingerprint density at radius 3 is 3.00 bits per heavy atom. The molecule has 1 aliphatic rings. The predicted molar refractivity (Wildman–Crippen MR) is 84.9 cm³/mol. The summed E-state index contributed by atoms with van der Waals surface area (Å²) in [4.78, 5) is 14.6. The molecular formula is C16H25N3O2. The normalized spacial score (nSPS) is 19.3. The zero-order valence-corrected chi connectivity index (χ0v) is 13.1. The number of rotatable bonds is 5. The molecule has 116 valence electrons. The summed E-state index contributed by atoms with van der Waals surface area (Å²) < 4.78 is 5.70. The Kier molecular flexibility index (Phi) is 5.59. The van der Waals surface area contributed by atoms with Gasteiger partial charge in [-0.15, -0.1) is 0 Å². The van der Waals surface area contributed by atoms with E-state index in [0.717, 1.165) is 37.5 Å². The van der Waals surface area contributed by atoms with Gasteiger partial charge >= 0.3 is 0 Å². The lowest BCUT2D eigenvalue weighted by Crippen LogP contribution is -2.47. The first-order valence-electron chi connectivity index (χ1n) is 7.54. The van der Waals surface area contributed by atoms with Crippen molar-refractivity contribution < 1.29 is 9.53 Å². The molecule has 1 amide bonds. The lowest BCUT2D eigenvalue weighted by atomic mass is 10.1. The number of carbonyl (C=O) groups excluding carboxylic acids is 1. The van der Waals surface area contributed by atoms with Gasteiger partial charge in [-0.3, -0.25) is 9.69 Å². The van der Waals surface area contributed by atoms with E-state index < -0.39 is 0 Å². The Bertz CT molecular complexity index is 490. The van der Waals surface area contributed by atoms with E-state index in [4.69, 9.17) is 4.74 Å². The predicted octanol–water partition coefficient (Wildman–Crippen LogP) is 1.49. The quantitative estimate of drug-likeness (QED) is 0.863. The van der Waals surface area contributed by atoms with E-state index >= 15 is 0 Å². The highest BCUT2D eigenvalue weighted by Crippen LogP contribution is 2.17. The van der Waals surface area contributed by atoms with Gasteiger partial charge in [-0.25, -0.2) is 0 Å². The second kappa shape index (κ2) is 7.43. The Hall–Kier alpha value is -1.59. The summed E-state index contributed by atoms with van der Waals surface area (Å²) in [5.74, 6) is -0.0587. The van der Waals surface area contributed by atoms with Crippen LogP contribution in [0.2, 0.25) is 0 Å². The number of nitrogens with one attached hydrogen (secondary N) is 2. The Morgan fingerprint density at radius 2 is 2.29 bits per heavy atom. The summed E-state index contributed by atoms with van der Waals surface area (Å²) in [7, 11) is 1.83. The van der Waals surface area contributed by atoms with Crippen molar-refractivity contribution in [2.75, 3.05) is 45.2 Å². The molecular weight excluding hydrogens is 266 g/mol. The molecule has 0 aromatic heterocycles. The molecule has 5 heteroatoms. The van der Waals surface area contributed by atoms with Crippen molar-refractivity contribution in [3.05, 3.63) is 29.3 Å². The van der Waals surface area contributed by atoms with Gasteiger partial charge in [-0.1, -0.05) is 13.0 Å². The van der Waals surface area contributed by atoms with Crippen molar-refractivity contribution in [2.45, 2.75) is 20.0 Å². The van der Waals surface area contributed by atoms with Crippen molar-refractivity contribution >= 4 is 11.6 Å². The van der Waals surface area contributed by atoms with Crippen LogP contribution in [-0.4, -0.2) is 56.7 Å². The van der Waals surface area contributed by atoms with Crippen molar-refractivity contribution in [1.82, 2.24) is 10.2 Å². The number of hydrogen-bond acceptors (Lipinski definition) is 4. The van der Waals surface area contributed by atoms with Crippen LogP contribution >= 0.6 is 0 Å². The maximum absolute atomic E-state index is 12.3. The van der Waals surface area contributed by atoms with Gasteiger partial charge in [0.2, 0.25) is 0 Å². The number of anilines is 1. The van der Waals surface area contributed by atoms with E-state index in [1.807, 2.05) is 32.2 Å². The van der Waals surface area contributed by atoms with Crippen LogP contribution in [0.4, 0.5) is 5.69 Å². The van der Waals surface area contributed by atoms with Crippen LogP contribution in [0.25, 0.3) is 0 Å². The van der Waals surface area contributed by atoms with Crippen LogP contribution < -0.4 is 10.6 Å². The number of hydrogen-bond donors (Lipinski definition) is 2. The van der Waals surface area contributed by atoms with Crippen LogP contribution in [0, 0.1) is 6.92 Å². The third-order valence-corrected chi connectivity index (χ3v) is 3.85. The molecule has 1 aliphatic heterocycles. The minimum Gasteiger partial charge on any atom is -0.387 e. The second-order valence-electron chi connectivity index (χ2n) is 5.40. The average molecular weight is 291 g/mol. The second-order valence-corrected chi connectivity index (χ2v) is 5.40. The number of amides is 1. The fraction of sp³-hybridized carbons (Fsp3) is 0.562. The van der Waals surface area contributed by atoms with E-state index in [-0.39, 0.29) is 12.0 Å². The highest BCUT2D eigenvalue weighted by atomic mass is 16.5. The summed E-state index contributed by atoms with van der Waals surface area (Å²) in [6.45, 7) is 8.32. The number of ether oxygens (including phenoxy) is 1. The van der Waals surface area contributed by atoms with Gasteiger partial charge in [0, 0.05) is 32.4 Å². The molecule has 2 rings (SSSR count). The van der Waals surface area contributed by atoms with E-state index in [9.17, 15) is 4.79 Å². The third-order valence-electron chi connectivity index (χ3n) is 3.85. The number of carbonyl (C=O) groups is 1. The molecule has 1 fully saturated rings. The van der Waals surface area contributed by atoms with Gasteiger partial charge < -0.3 is 15.4 Å². The SMILES string of the molecule is CCN1CCOC(CNC(=O)c2ccc(C)cc2NC)C1. The summed E-state index contributed by atoms with van der Waals surface area (Å²) >= 11 is 0. The zero-order chi connectivity index (χ0) is 15.2. The van der Waals surface area contributed by atoms with E-state index in [0.29, 0.717) is 12.1 Å². The molecule has 0 spiro atoms. The summed E-state index contributed by atoms with van der Waals surface area (Å²) in [5.41, 5.74) is 2.66. The molecule has 1 aromatic carbocycles. The molecule has 1 atom stereocenters. The molecule has 1 heterocycles. The third kappa shape index (κ3) is 4.19. The van der Waals surface area contributed by atoms with E-state index in [1.165, 1.54) is 0 Å². The largest absolute Gasteiger partial charge is 0.387 e. The topological polar surface area (TPSA) is 53.6 Å². The minimum absolute atomic E-state index is 0.0587. The lowest BCUT2D eigenvalue weighted by molar-refractivity contribution is -0.0246. The molecule has 1 aromatic rings. The maximum atomic E-state index is 12.3. The molecule has 1 saturated heterocycles. The zero-order valence-electron chi connectivity index (χ0n) is 13.1. The number of nitrogens with zero attached hydrogens (tertiary/aromatic N) is 1. The minimum atomic E-state index is -0.0587. The monoisotopic (exact) mass is 291 g/mol. The Morgan fingerprint density at radius 1 is 1.48 bits per heavy atom. The molecule has 0 saturated carbocycles. The van der Waals surface area contributed by atoms with Crippen LogP contribution in [0.3, 0.4) is 0 Å². The first-order valence-corrected chi connectivity index (χ1v) is 7.54. The van der Waals surface area contributed by atoms with Gasteiger partial charge in [0.15, 0.2) is 0 Å². The van der Waals surface area contributed by atoms with Gasteiger partial charge in [-0.05, 0) is 31.2 Å². The Labute approximate surface area is 126 Å². The highest BCUT2D eigenvalue weighted by molar-refractivity contribution is 5.99. The smallest absolute Gasteiger partial charge is 0.253 e. The number of likely N-dealkylation sites (N-methyl/N-ethyl adjacent to an activating group) is 1. The van der Waals surface area contributed by atoms with Crippen LogP contribution in [-0.2, 0) is 4.74 Å². The van der Waals surface area contributed by atoms with Gasteiger partial charge in [0.05, 0.1) is 18.3 Å². The van der Waals surface area contributed by atoms with Gasteiger partial charge in [0.25, 0.3) is 5.91 Å². The molecule has 1 unspecified atom stereocenters. The number of aryl methyl sites for hydroxylation is 1. The fourth-order valence-corrected chi connectivity index (χ4v) is 2.56. The van der Waals surface area contributed by atoms with Crippen molar-refractivity contribution in [2.24, 2.45) is 0 Å². The molecule has 5 nitrogen and oxygen atoms in total. The van der Waals surface area contributed by atoms with Crippen LogP contribution in [0.1, 0.15) is 22.8 Å². The number of benzene rings is 1. The Balaban J connectivity index is 1.92. The van der Waals surface area contributed by atoms with Crippen molar-refractivity contribution in [3.8, 4) is 0 Å². The van der Waals surface area contributed by atoms with Gasteiger partial charge in [0.1, 0.15) is 0 Å². The highest BCUT2D eigenvalue weighted by Gasteiger charge is 2.20. The first kappa shape index (κ1) is 15.8. The molecule has 0 aliphatic carbocycles. The van der Waals surface area contributed by atoms with E-state index in [2.05, 4.69) is 22.5 Å².